The summed E-state index contributed by atoms with van der Waals surface area (Å²) in [5.41, 5.74) is 8.51. The normalized spacial score (nSPS) is 10.1. The predicted octanol–water partition coefficient (Wildman–Crippen LogP) is 3.19. The molecule has 2 rings (SSSR count). The second kappa shape index (κ2) is 12.2. The molecule has 3 amide bonds. The molecule has 0 saturated carbocycles. The van der Waals surface area contributed by atoms with Crippen LogP contribution in [0.3, 0.4) is 0 Å². The fourth-order valence-corrected chi connectivity index (χ4v) is 3.33. The first-order valence-corrected chi connectivity index (χ1v) is 11.0. The zero-order valence-electron chi connectivity index (χ0n) is 18.0. The lowest BCUT2D eigenvalue weighted by Crippen LogP contribution is -2.49. The summed E-state index contributed by atoms with van der Waals surface area (Å²) in [4.78, 5) is 36.0. The predicted molar refractivity (Wildman–Crippen MR) is 130 cm³/mol. The third-order valence-corrected chi connectivity index (χ3v) is 5.08. The van der Waals surface area contributed by atoms with Gasteiger partial charge in [0.25, 0.3) is 5.91 Å². The fraction of sp³-hybridized carbons (Fsp3) is 0.273. The van der Waals surface area contributed by atoms with Crippen molar-refractivity contribution in [1.29, 1.82) is 0 Å². The van der Waals surface area contributed by atoms with Crippen molar-refractivity contribution in [3.8, 4) is 5.75 Å². The molecule has 0 aliphatic rings. The van der Waals surface area contributed by atoms with Crippen molar-refractivity contribution in [2.75, 3.05) is 11.9 Å². The molecule has 0 atom stereocenters. The largest absolute Gasteiger partial charge is 0.483 e. The smallest absolute Gasteiger partial charge is 0.264 e. The Morgan fingerprint density at radius 2 is 1.56 bits per heavy atom. The molecular weight excluding hydrogens is 496 g/mol. The van der Waals surface area contributed by atoms with E-state index in [1.165, 1.54) is 0 Å². The summed E-state index contributed by atoms with van der Waals surface area (Å²) in [7, 11) is 0. The van der Waals surface area contributed by atoms with E-state index in [-0.39, 0.29) is 30.5 Å². The van der Waals surface area contributed by atoms with Gasteiger partial charge in [-0.05, 0) is 83.8 Å². The molecule has 10 heteroatoms. The Bertz CT molecular complexity index is 1030. The number of carbonyl (C=O) groups is 3. The van der Waals surface area contributed by atoms with Gasteiger partial charge in [0.2, 0.25) is 11.8 Å². The van der Waals surface area contributed by atoms with Gasteiger partial charge in [0, 0.05) is 18.5 Å². The maximum absolute atomic E-state index is 12.1. The van der Waals surface area contributed by atoms with E-state index in [0.717, 1.165) is 26.9 Å². The van der Waals surface area contributed by atoms with Crippen molar-refractivity contribution in [3.05, 3.63) is 57.6 Å². The van der Waals surface area contributed by atoms with E-state index >= 15 is 0 Å². The lowest BCUT2D eigenvalue weighted by Gasteiger charge is -2.12. The van der Waals surface area contributed by atoms with E-state index in [0.29, 0.717) is 5.75 Å². The van der Waals surface area contributed by atoms with Gasteiger partial charge in [0.15, 0.2) is 11.7 Å². The van der Waals surface area contributed by atoms with Crippen LogP contribution in [0.4, 0.5) is 5.69 Å². The number of hydrazine groups is 1. The van der Waals surface area contributed by atoms with E-state index in [1.54, 1.807) is 6.07 Å². The second-order valence-electron chi connectivity index (χ2n) is 7.14. The molecule has 4 N–H and O–H groups in total. The third-order valence-electron chi connectivity index (χ3n) is 4.26. The average molecular weight is 521 g/mol. The lowest BCUT2D eigenvalue weighted by molar-refractivity contribution is -0.125. The Morgan fingerprint density at radius 3 is 2.28 bits per heavy atom. The number of ether oxygens (including phenoxy) is 1. The molecule has 0 unspecified atom stereocenters. The van der Waals surface area contributed by atoms with Gasteiger partial charge in [-0.3, -0.25) is 30.6 Å². The molecule has 8 nitrogen and oxygen atoms in total. The summed E-state index contributed by atoms with van der Waals surface area (Å²) in [6.45, 7) is 5.52. The Kier molecular flexibility index (Phi) is 9.61. The first-order valence-electron chi connectivity index (χ1n) is 9.79. The molecular formula is C22H25BrN4O4S. The maximum atomic E-state index is 12.1. The van der Waals surface area contributed by atoms with Gasteiger partial charge in [0.1, 0.15) is 5.75 Å². The van der Waals surface area contributed by atoms with Crippen molar-refractivity contribution in [2.45, 2.75) is 33.6 Å². The Balaban J connectivity index is 1.66. The molecule has 0 bridgehead atoms. The number of carbonyl (C=O) groups excluding carboxylic acids is 3. The summed E-state index contributed by atoms with van der Waals surface area (Å²) in [5, 5.41) is 5.10. The Morgan fingerprint density at radius 1 is 0.906 bits per heavy atom. The van der Waals surface area contributed by atoms with Crippen molar-refractivity contribution in [1.82, 2.24) is 16.2 Å². The number of aryl methyl sites for hydroxylation is 3. The number of hydrogen-bond acceptors (Lipinski definition) is 5. The molecule has 170 valence electrons. The van der Waals surface area contributed by atoms with Crippen LogP contribution in [-0.2, 0) is 14.4 Å². The van der Waals surface area contributed by atoms with E-state index in [4.69, 9.17) is 17.0 Å². The first-order chi connectivity index (χ1) is 15.1. The SMILES string of the molecule is Cc1ccc(OCC(=O)NC(=S)NNC(=O)CCC(=O)Nc2cc(C)ccc2C)c(Br)c1. The highest BCUT2D eigenvalue weighted by molar-refractivity contribution is 9.10. The molecule has 32 heavy (non-hydrogen) atoms. The van der Waals surface area contributed by atoms with Gasteiger partial charge >= 0.3 is 0 Å². The molecule has 2 aromatic carbocycles. The molecule has 0 heterocycles. The van der Waals surface area contributed by atoms with Crippen molar-refractivity contribution < 1.29 is 19.1 Å². The number of thiocarbonyl (C=S) groups is 1. The number of amides is 3. The van der Waals surface area contributed by atoms with Crippen LogP contribution >= 0.6 is 28.1 Å². The van der Waals surface area contributed by atoms with Gasteiger partial charge in [-0.25, -0.2) is 0 Å². The van der Waals surface area contributed by atoms with Crippen LogP contribution in [0.5, 0.6) is 5.75 Å². The molecule has 0 radical (unpaired) electrons. The number of rotatable bonds is 7. The fourth-order valence-electron chi connectivity index (χ4n) is 2.56. The van der Waals surface area contributed by atoms with Gasteiger partial charge < -0.3 is 10.1 Å². The molecule has 2 aromatic rings. The van der Waals surface area contributed by atoms with Crippen LogP contribution in [0.25, 0.3) is 0 Å². The van der Waals surface area contributed by atoms with Crippen LogP contribution in [0.1, 0.15) is 29.5 Å². The second-order valence-corrected chi connectivity index (χ2v) is 8.40. The van der Waals surface area contributed by atoms with Gasteiger partial charge in [0.05, 0.1) is 4.47 Å². The van der Waals surface area contributed by atoms with Crippen molar-refractivity contribution >= 4 is 56.7 Å². The molecule has 0 aliphatic carbocycles. The van der Waals surface area contributed by atoms with Crippen LogP contribution in [0.2, 0.25) is 0 Å². The van der Waals surface area contributed by atoms with Crippen molar-refractivity contribution in [2.24, 2.45) is 0 Å². The summed E-state index contributed by atoms with van der Waals surface area (Å²) >= 11 is 8.34. The molecule has 0 aliphatic heterocycles. The monoisotopic (exact) mass is 520 g/mol. The Hall–Kier alpha value is -2.98. The van der Waals surface area contributed by atoms with Gasteiger partial charge in [-0.1, -0.05) is 18.2 Å². The number of nitrogens with one attached hydrogen (secondary N) is 4. The zero-order valence-corrected chi connectivity index (χ0v) is 20.4. The highest BCUT2D eigenvalue weighted by atomic mass is 79.9. The molecule has 0 fully saturated rings. The highest BCUT2D eigenvalue weighted by Gasteiger charge is 2.11. The molecule has 0 aromatic heterocycles. The van der Waals surface area contributed by atoms with Gasteiger partial charge in [-0.15, -0.1) is 0 Å². The lowest BCUT2D eigenvalue weighted by atomic mass is 10.1. The summed E-state index contributed by atoms with van der Waals surface area (Å²) < 4.78 is 6.17. The van der Waals surface area contributed by atoms with E-state index in [9.17, 15) is 14.4 Å². The van der Waals surface area contributed by atoms with Crippen LogP contribution < -0.4 is 26.2 Å². The molecule has 0 saturated heterocycles. The first kappa shape index (κ1) is 25.3. The minimum absolute atomic E-state index is 0.000710. The standard InChI is InChI=1S/C22H25BrN4O4S/c1-13-5-7-18(16(23)10-13)31-12-21(30)25-22(32)27-26-20(29)9-8-19(28)24-17-11-14(2)4-6-15(17)3/h4-7,10-11H,8-9,12H2,1-3H3,(H,24,28)(H,26,29)(H2,25,27,30,32). The van der Waals surface area contributed by atoms with E-state index in [2.05, 4.69) is 37.4 Å². The molecule has 0 spiro atoms. The third kappa shape index (κ3) is 8.64. The number of anilines is 1. The number of hydrogen-bond donors (Lipinski definition) is 4. The number of halogens is 1. The van der Waals surface area contributed by atoms with Crippen molar-refractivity contribution in [3.63, 3.8) is 0 Å². The number of benzene rings is 2. The highest BCUT2D eigenvalue weighted by Crippen LogP contribution is 2.25. The van der Waals surface area contributed by atoms with E-state index < -0.39 is 11.8 Å². The minimum atomic E-state index is -0.489. The Labute approximate surface area is 200 Å². The van der Waals surface area contributed by atoms with Gasteiger partial charge in [-0.2, -0.15) is 0 Å². The summed E-state index contributed by atoms with van der Waals surface area (Å²) in [5.74, 6) is -0.684. The minimum Gasteiger partial charge on any atom is -0.483 e. The van der Waals surface area contributed by atoms with Crippen LogP contribution in [0, 0.1) is 20.8 Å². The van der Waals surface area contributed by atoms with E-state index in [1.807, 2.05) is 51.1 Å². The average Bonchev–Trinajstić information content (AvgIpc) is 2.72. The zero-order chi connectivity index (χ0) is 23.7. The summed E-state index contributed by atoms with van der Waals surface area (Å²) in [6, 6.07) is 11.2. The van der Waals surface area contributed by atoms with Crippen LogP contribution in [-0.4, -0.2) is 29.4 Å². The maximum Gasteiger partial charge on any atom is 0.264 e. The summed E-state index contributed by atoms with van der Waals surface area (Å²) in [6.07, 6.45) is -0.0515. The van der Waals surface area contributed by atoms with Crippen LogP contribution in [0.15, 0.2) is 40.9 Å². The quantitative estimate of drug-likeness (QED) is 0.329. The topological polar surface area (TPSA) is 109 Å².